The fourth-order valence-corrected chi connectivity index (χ4v) is 4.55. The van der Waals surface area contributed by atoms with Crippen LogP contribution < -0.4 is 20.1 Å². The van der Waals surface area contributed by atoms with Crippen LogP contribution in [0, 0.1) is 0 Å². The second kappa shape index (κ2) is 14.3. The maximum absolute atomic E-state index is 11.1. The summed E-state index contributed by atoms with van der Waals surface area (Å²) in [6.45, 7) is 3.40. The van der Waals surface area contributed by atoms with Crippen LogP contribution in [0.2, 0.25) is 0 Å². The van der Waals surface area contributed by atoms with Crippen LogP contribution in [0.4, 0.5) is 11.4 Å². The highest BCUT2D eigenvalue weighted by atomic mass is 35.5. The van der Waals surface area contributed by atoms with Crippen LogP contribution in [0.15, 0.2) is 58.5 Å². The number of nitrogens with zero attached hydrogens (tertiary/aromatic N) is 2. The molecule has 0 fully saturated rings. The maximum atomic E-state index is 11.1. The Morgan fingerprint density at radius 3 is 1.42 bits per heavy atom. The largest absolute Gasteiger partial charge is 0.372 e. The lowest BCUT2D eigenvalue weighted by Gasteiger charge is -2.07. The van der Waals surface area contributed by atoms with E-state index in [9.17, 15) is 16.8 Å². The second-order valence-corrected chi connectivity index (χ2v) is 11.5. The lowest BCUT2D eigenvalue weighted by Crippen LogP contribution is -2.20. The first-order valence-electron chi connectivity index (χ1n) is 10.7. The zero-order valence-electron chi connectivity index (χ0n) is 20.0. The van der Waals surface area contributed by atoms with Gasteiger partial charge in [0.1, 0.15) is 11.7 Å². The Bertz CT molecular complexity index is 1190. The van der Waals surface area contributed by atoms with E-state index in [-0.39, 0.29) is 24.8 Å². The molecule has 2 aliphatic heterocycles. The van der Waals surface area contributed by atoms with Crippen LogP contribution in [-0.2, 0) is 32.9 Å². The summed E-state index contributed by atoms with van der Waals surface area (Å²) in [4.78, 5) is 8.60. The van der Waals surface area contributed by atoms with Crippen molar-refractivity contribution in [1.29, 1.82) is 0 Å². The molecule has 200 valence electrons. The topological polar surface area (TPSA) is 141 Å². The third-order valence-electron chi connectivity index (χ3n) is 4.69. The summed E-state index contributed by atoms with van der Waals surface area (Å²) in [7, 11) is -6.43. The van der Waals surface area contributed by atoms with Gasteiger partial charge in [0.15, 0.2) is 0 Å². The molecule has 10 nitrogen and oxygen atoms in total. The van der Waals surface area contributed by atoms with Crippen LogP contribution in [-0.4, -0.2) is 67.2 Å². The molecule has 2 aliphatic rings. The molecule has 14 heteroatoms. The maximum Gasteiger partial charge on any atom is 0.229 e. The summed E-state index contributed by atoms with van der Waals surface area (Å²) >= 11 is 0. The van der Waals surface area contributed by atoms with Gasteiger partial charge in [-0.3, -0.25) is 19.4 Å². The van der Waals surface area contributed by atoms with Crippen molar-refractivity contribution >= 4 is 67.9 Å². The van der Waals surface area contributed by atoms with Gasteiger partial charge in [0.25, 0.3) is 0 Å². The van der Waals surface area contributed by atoms with Crippen LogP contribution in [0.5, 0.6) is 0 Å². The van der Waals surface area contributed by atoms with Gasteiger partial charge in [-0.05, 0) is 35.4 Å². The molecule has 0 radical (unpaired) electrons. The van der Waals surface area contributed by atoms with E-state index in [0.717, 1.165) is 61.5 Å². The van der Waals surface area contributed by atoms with Gasteiger partial charge in [-0.2, -0.15) is 0 Å². The van der Waals surface area contributed by atoms with Crippen LogP contribution in [0.25, 0.3) is 0 Å². The number of benzene rings is 2. The quantitative estimate of drug-likeness (QED) is 0.377. The first-order chi connectivity index (χ1) is 16.1. The van der Waals surface area contributed by atoms with Crippen LogP contribution in [0.3, 0.4) is 0 Å². The van der Waals surface area contributed by atoms with Crippen molar-refractivity contribution in [2.24, 2.45) is 9.98 Å². The first-order valence-corrected chi connectivity index (χ1v) is 14.5. The van der Waals surface area contributed by atoms with Crippen LogP contribution in [0.1, 0.15) is 11.1 Å². The lowest BCUT2D eigenvalue weighted by atomic mass is 10.1. The predicted molar refractivity (Wildman–Crippen MR) is 152 cm³/mol. The summed E-state index contributed by atoms with van der Waals surface area (Å²) in [5, 5.41) is 6.37. The molecule has 4 rings (SSSR count). The van der Waals surface area contributed by atoms with E-state index in [1.54, 1.807) is 12.1 Å². The minimum atomic E-state index is -3.22. The van der Waals surface area contributed by atoms with Crippen LogP contribution >= 0.6 is 24.8 Å². The van der Waals surface area contributed by atoms with Gasteiger partial charge in [-0.15, -0.1) is 24.8 Å². The van der Waals surface area contributed by atoms with Crippen molar-refractivity contribution in [3.05, 3.63) is 59.7 Å². The van der Waals surface area contributed by atoms with Gasteiger partial charge in [-0.25, -0.2) is 16.8 Å². The summed E-state index contributed by atoms with van der Waals surface area (Å²) in [5.74, 6) is 1.92. The van der Waals surface area contributed by atoms with Crippen molar-refractivity contribution in [3.63, 3.8) is 0 Å². The van der Waals surface area contributed by atoms with Gasteiger partial charge in [0, 0.05) is 37.3 Å². The third-order valence-corrected chi connectivity index (χ3v) is 5.90. The van der Waals surface area contributed by atoms with Crippen molar-refractivity contribution in [2.75, 3.05) is 48.1 Å². The molecule has 0 saturated carbocycles. The van der Waals surface area contributed by atoms with E-state index in [4.69, 9.17) is 0 Å². The van der Waals surface area contributed by atoms with Crippen molar-refractivity contribution in [1.82, 2.24) is 10.6 Å². The minimum absolute atomic E-state index is 0. The highest BCUT2D eigenvalue weighted by Gasteiger charge is 2.09. The SMILES string of the molecule is CS(=O)(=O)Nc1cccc(CC2=NCCN2)c1.CS(=O)(=O)Nc1cccc(CC2=NCCN2)c1.Cl.Cl. The Kier molecular flexibility index (Phi) is 12.5. The number of nitrogens with one attached hydrogen (secondary N) is 4. The molecule has 0 unspecified atom stereocenters. The molecule has 2 heterocycles. The number of sulfonamides is 2. The molecule has 36 heavy (non-hydrogen) atoms. The molecule has 0 amide bonds. The number of halogens is 2. The van der Waals surface area contributed by atoms with E-state index in [1.807, 2.05) is 36.4 Å². The van der Waals surface area contributed by atoms with Gasteiger partial charge >= 0.3 is 0 Å². The zero-order chi connectivity index (χ0) is 24.6. The Hall–Kier alpha value is -2.54. The van der Waals surface area contributed by atoms with Crippen molar-refractivity contribution in [2.45, 2.75) is 12.8 Å². The molecule has 0 saturated heterocycles. The summed E-state index contributed by atoms with van der Waals surface area (Å²) in [6.07, 6.45) is 3.70. The Morgan fingerprint density at radius 1 is 0.722 bits per heavy atom. The smallest absolute Gasteiger partial charge is 0.229 e. The van der Waals surface area contributed by atoms with E-state index in [1.165, 1.54) is 0 Å². The summed E-state index contributed by atoms with van der Waals surface area (Å²) < 4.78 is 49.4. The molecule has 0 bridgehead atoms. The van der Waals surface area contributed by atoms with E-state index in [2.05, 4.69) is 30.1 Å². The number of rotatable bonds is 8. The van der Waals surface area contributed by atoms with Gasteiger partial charge in [-0.1, -0.05) is 24.3 Å². The molecule has 2 aromatic carbocycles. The fraction of sp³-hybridized carbons (Fsp3) is 0.364. The third kappa shape index (κ3) is 11.9. The lowest BCUT2D eigenvalue weighted by molar-refractivity contribution is 0.605. The molecule has 0 atom stereocenters. The summed E-state index contributed by atoms with van der Waals surface area (Å²) in [6, 6.07) is 14.7. The second-order valence-electron chi connectivity index (χ2n) is 8.01. The van der Waals surface area contributed by atoms with E-state index >= 15 is 0 Å². The number of amidine groups is 2. The Morgan fingerprint density at radius 2 is 1.11 bits per heavy atom. The fourth-order valence-electron chi connectivity index (χ4n) is 3.44. The normalized spacial score (nSPS) is 14.4. The van der Waals surface area contributed by atoms with Gasteiger partial charge < -0.3 is 10.6 Å². The standard InChI is InChI=1S/2C11H15N3O2S.2ClH/c2*1-17(15,16)14-10-4-2-3-9(7-10)8-11-12-5-6-13-11;;/h2*2-4,7,14H,5-6,8H2,1H3,(H,12,13);2*1H. The van der Waals surface area contributed by atoms with Crippen molar-refractivity contribution in [3.8, 4) is 0 Å². The molecular formula is C22H32Cl2N6O4S2. The van der Waals surface area contributed by atoms with E-state index in [0.29, 0.717) is 24.2 Å². The predicted octanol–water partition coefficient (Wildman–Crippen LogP) is 2.05. The Balaban J connectivity index is 0.000000341. The molecule has 0 aromatic heterocycles. The number of hydrogen-bond acceptors (Lipinski definition) is 8. The highest BCUT2D eigenvalue weighted by molar-refractivity contribution is 7.92. The number of anilines is 2. The molecule has 0 aliphatic carbocycles. The Labute approximate surface area is 225 Å². The van der Waals surface area contributed by atoms with E-state index < -0.39 is 20.0 Å². The molecule has 2 aromatic rings. The highest BCUT2D eigenvalue weighted by Crippen LogP contribution is 2.14. The zero-order valence-corrected chi connectivity index (χ0v) is 23.3. The van der Waals surface area contributed by atoms with Gasteiger partial charge in [0.05, 0.1) is 25.6 Å². The number of aliphatic imine (C=N–C) groups is 2. The first kappa shape index (κ1) is 31.5. The monoisotopic (exact) mass is 578 g/mol. The molecule has 4 N–H and O–H groups in total. The average Bonchev–Trinajstić information content (AvgIpc) is 3.41. The average molecular weight is 580 g/mol. The summed E-state index contributed by atoms with van der Waals surface area (Å²) in [5.41, 5.74) is 3.24. The van der Waals surface area contributed by atoms with Crippen molar-refractivity contribution < 1.29 is 16.8 Å². The van der Waals surface area contributed by atoms with Gasteiger partial charge in [0.2, 0.25) is 20.0 Å². The molecular weight excluding hydrogens is 547 g/mol. The minimum Gasteiger partial charge on any atom is -0.372 e. The number of hydrogen-bond donors (Lipinski definition) is 4. The molecule has 0 spiro atoms.